The van der Waals surface area contributed by atoms with Gasteiger partial charge in [0.05, 0.1) is 0 Å². The first-order chi connectivity index (χ1) is 7.05. The molecule has 82 valence electrons. The summed E-state index contributed by atoms with van der Waals surface area (Å²) >= 11 is 1.96. The van der Waals surface area contributed by atoms with Gasteiger partial charge in [-0.05, 0) is 56.5 Å². The lowest BCUT2D eigenvalue weighted by atomic mass is 9.89. The lowest BCUT2D eigenvalue weighted by Crippen LogP contribution is -2.40. The molecule has 0 spiro atoms. The standard InChI is InChI=1S/C13H19NS/c1-13(2,3)14-8-9-6-11(14)10-4-5-15-12(10)7-9/h4-5,9,11H,6-8H2,1-3H3. The lowest BCUT2D eigenvalue weighted by molar-refractivity contribution is 0.121. The minimum atomic E-state index is 0.322. The lowest BCUT2D eigenvalue weighted by Gasteiger charge is -2.36. The quantitative estimate of drug-likeness (QED) is 0.648. The van der Waals surface area contributed by atoms with Crippen molar-refractivity contribution in [1.29, 1.82) is 0 Å². The average Bonchev–Trinajstić information content (AvgIpc) is 2.70. The summed E-state index contributed by atoms with van der Waals surface area (Å²) < 4.78 is 0. The molecule has 2 bridgehead atoms. The van der Waals surface area contributed by atoms with Gasteiger partial charge in [-0.2, -0.15) is 0 Å². The molecule has 1 nitrogen and oxygen atoms in total. The summed E-state index contributed by atoms with van der Waals surface area (Å²) in [5.74, 6) is 0.917. The molecule has 2 unspecified atom stereocenters. The summed E-state index contributed by atoms with van der Waals surface area (Å²) in [6.07, 6.45) is 2.72. The van der Waals surface area contributed by atoms with Gasteiger partial charge in [0, 0.05) is 23.0 Å². The second kappa shape index (κ2) is 3.08. The number of hydrogen-bond donors (Lipinski definition) is 0. The fourth-order valence-corrected chi connectivity index (χ4v) is 4.23. The fraction of sp³-hybridized carbons (Fsp3) is 0.692. The van der Waals surface area contributed by atoms with Crippen LogP contribution in [0.15, 0.2) is 11.4 Å². The molecule has 2 aliphatic rings. The Morgan fingerprint density at radius 3 is 2.93 bits per heavy atom. The van der Waals surface area contributed by atoms with Gasteiger partial charge in [-0.1, -0.05) is 0 Å². The number of thiophene rings is 1. The van der Waals surface area contributed by atoms with Crippen LogP contribution in [0.1, 0.15) is 43.7 Å². The normalized spacial score (nSPS) is 30.6. The second-order valence-corrected chi connectivity index (χ2v) is 6.94. The predicted molar refractivity (Wildman–Crippen MR) is 65.3 cm³/mol. The molecule has 1 fully saturated rings. The van der Waals surface area contributed by atoms with E-state index in [1.807, 2.05) is 11.3 Å². The highest BCUT2D eigenvalue weighted by Crippen LogP contribution is 2.47. The molecule has 0 aromatic carbocycles. The molecule has 2 atom stereocenters. The Bertz CT molecular complexity index is 374. The zero-order valence-electron chi connectivity index (χ0n) is 9.79. The zero-order valence-corrected chi connectivity index (χ0v) is 10.6. The number of nitrogens with zero attached hydrogens (tertiary/aromatic N) is 1. The average molecular weight is 221 g/mol. The Morgan fingerprint density at radius 1 is 1.40 bits per heavy atom. The van der Waals surface area contributed by atoms with Crippen LogP contribution in [0.2, 0.25) is 0 Å². The van der Waals surface area contributed by atoms with E-state index in [4.69, 9.17) is 0 Å². The number of rotatable bonds is 0. The first kappa shape index (κ1) is 9.86. The van der Waals surface area contributed by atoms with Crippen LogP contribution >= 0.6 is 11.3 Å². The van der Waals surface area contributed by atoms with Crippen LogP contribution in [0.3, 0.4) is 0 Å². The van der Waals surface area contributed by atoms with Crippen LogP contribution in [-0.2, 0) is 6.42 Å². The SMILES string of the molecule is CC(C)(C)N1CC2Cc3sccc3C1C2. The molecule has 15 heavy (non-hydrogen) atoms. The largest absolute Gasteiger partial charge is 0.291 e. The van der Waals surface area contributed by atoms with Crippen LogP contribution in [0.4, 0.5) is 0 Å². The molecule has 1 aliphatic heterocycles. The number of hydrogen-bond acceptors (Lipinski definition) is 2. The second-order valence-electron chi connectivity index (χ2n) is 5.94. The molecule has 0 N–H and O–H groups in total. The third-order valence-electron chi connectivity index (χ3n) is 3.86. The Morgan fingerprint density at radius 2 is 2.20 bits per heavy atom. The van der Waals surface area contributed by atoms with Crippen LogP contribution in [-0.4, -0.2) is 17.0 Å². The van der Waals surface area contributed by atoms with E-state index in [9.17, 15) is 0 Å². The molecule has 0 radical (unpaired) electrons. The van der Waals surface area contributed by atoms with Gasteiger partial charge in [-0.3, -0.25) is 4.90 Å². The number of fused-ring (bicyclic) bond motifs is 4. The summed E-state index contributed by atoms with van der Waals surface area (Å²) in [6.45, 7) is 8.34. The van der Waals surface area contributed by atoms with Crippen molar-refractivity contribution in [2.45, 2.75) is 45.2 Å². The third-order valence-corrected chi connectivity index (χ3v) is 4.82. The van der Waals surface area contributed by atoms with Gasteiger partial charge >= 0.3 is 0 Å². The van der Waals surface area contributed by atoms with Crippen molar-refractivity contribution >= 4 is 11.3 Å². The molecule has 0 saturated carbocycles. The monoisotopic (exact) mass is 221 g/mol. The molecule has 1 aromatic heterocycles. The van der Waals surface area contributed by atoms with Crippen LogP contribution in [0.25, 0.3) is 0 Å². The maximum atomic E-state index is 2.70. The van der Waals surface area contributed by atoms with Crippen molar-refractivity contribution in [2.75, 3.05) is 6.54 Å². The first-order valence-electron chi connectivity index (χ1n) is 5.89. The van der Waals surface area contributed by atoms with E-state index >= 15 is 0 Å². The van der Waals surface area contributed by atoms with Gasteiger partial charge in [-0.15, -0.1) is 11.3 Å². The molecule has 1 saturated heterocycles. The van der Waals surface area contributed by atoms with Crippen molar-refractivity contribution in [3.05, 3.63) is 21.9 Å². The van der Waals surface area contributed by atoms with E-state index < -0.39 is 0 Å². The highest BCUT2D eigenvalue weighted by Gasteiger charge is 2.43. The zero-order chi connectivity index (χ0) is 10.6. The van der Waals surface area contributed by atoms with E-state index in [-0.39, 0.29) is 0 Å². The molecule has 2 heterocycles. The summed E-state index contributed by atoms with van der Waals surface area (Å²) in [6, 6.07) is 3.07. The highest BCUT2D eigenvalue weighted by molar-refractivity contribution is 7.10. The van der Waals surface area contributed by atoms with E-state index in [0.717, 1.165) is 5.92 Å². The summed E-state index contributed by atoms with van der Waals surface area (Å²) in [5, 5.41) is 2.27. The van der Waals surface area contributed by atoms with E-state index in [0.29, 0.717) is 11.6 Å². The Labute approximate surface area is 96.1 Å². The van der Waals surface area contributed by atoms with Crippen LogP contribution in [0.5, 0.6) is 0 Å². The molecule has 3 rings (SSSR count). The molecule has 2 heteroatoms. The van der Waals surface area contributed by atoms with E-state index in [2.05, 4.69) is 37.1 Å². The summed E-state index contributed by atoms with van der Waals surface area (Å²) in [7, 11) is 0. The van der Waals surface area contributed by atoms with Gasteiger partial charge in [-0.25, -0.2) is 0 Å². The summed E-state index contributed by atoms with van der Waals surface area (Å²) in [4.78, 5) is 4.36. The minimum absolute atomic E-state index is 0.322. The van der Waals surface area contributed by atoms with Crippen molar-refractivity contribution in [3.63, 3.8) is 0 Å². The smallest absolute Gasteiger partial charge is 0.0367 e. The molecular weight excluding hydrogens is 202 g/mol. The minimum Gasteiger partial charge on any atom is -0.291 e. The Balaban J connectivity index is 2.00. The molecular formula is C13H19NS. The van der Waals surface area contributed by atoms with Crippen molar-refractivity contribution in [3.8, 4) is 0 Å². The Hall–Kier alpha value is -0.340. The topological polar surface area (TPSA) is 3.24 Å². The van der Waals surface area contributed by atoms with Crippen LogP contribution < -0.4 is 0 Å². The van der Waals surface area contributed by atoms with E-state index in [1.54, 1.807) is 10.4 Å². The van der Waals surface area contributed by atoms with Gasteiger partial charge in [0.2, 0.25) is 0 Å². The van der Waals surface area contributed by atoms with Crippen LogP contribution in [0, 0.1) is 5.92 Å². The highest BCUT2D eigenvalue weighted by atomic mass is 32.1. The van der Waals surface area contributed by atoms with Crippen molar-refractivity contribution < 1.29 is 0 Å². The van der Waals surface area contributed by atoms with Gasteiger partial charge < -0.3 is 0 Å². The molecule has 1 aliphatic carbocycles. The van der Waals surface area contributed by atoms with Gasteiger partial charge in [0.15, 0.2) is 0 Å². The predicted octanol–water partition coefficient (Wildman–Crippen LogP) is 3.47. The molecule has 0 amide bonds. The van der Waals surface area contributed by atoms with Crippen molar-refractivity contribution in [1.82, 2.24) is 4.90 Å². The first-order valence-corrected chi connectivity index (χ1v) is 6.76. The van der Waals surface area contributed by atoms with Gasteiger partial charge in [0.25, 0.3) is 0 Å². The number of likely N-dealkylation sites (tertiary alicyclic amines) is 1. The summed E-state index contributed by atoms with van der Waals surface area (Å²) in [5.41, 5.74) is 1.95. The molecule has 1 aromatic rings. The van der Waals surface area contributed by atoms with Crippen molar-refractivity contribution in [2.24, 2.45) is 5.92 Å². The third kappa shape index (κ3) is 1.46. The maximum absolute atomic E-state index is 2.70. The van der Waals surface area contributed by atoms with Gasteiger partial charge in [0.1, 0.15) is 0 Å². The van der Waals surface area contributed by atoms with E-state index in [1.165, 1.54) is 19.4 Å². The maximum Gasteiger partial charge on any atom is 0.0367 e. The Kier molecular flexibility index (Phi) is 2.02. The fourth-order valence-electron chi connectivity index (χ4n) is 3.18.